The highest BCUT2D eigenvalue weighted by molar-refractivity contribution is 5.69. The zero-order valence-electron chi connectivity index (χ0n) is 24.0. The van der Waals surface area contributed by atoms with Crippen LogP contribution in [0.5, 0.6) is 0 Å². The van der Waals surface area contributed by atoms with Gasteiger partial charge in [0, 0.05) is 12.8 Å². The SMILES string of the molecule is CCCCCCCCCCCCCCC(=O)OC[C@H](O)COC(=O)CCCCCCCCCCCC. The van der Waals surface area contributed by atoms with E-state index in [1.807, 2.05) is 0 Å². The van der Waals surface area contributed by atoms with Crippen LogP contribution in [0, 0.1) is 0 Å². The van der Waals surface area contributed by atoms with E-state index in [-0.39, 0.29) is 25.2 Å². The third-order valence-corrected chi connectivity index (χ3v) is 6.84. The molecule has 0 saturated heterocycles. The van der Waals surface area contributed by atoms with Crippen molar-refractivity contribution in [1.29, 1.82) is 0 Å². The summed E-state index contributed by atoms with van der Waals surface area (Å²) in [4.78, 5) is 23.7. The van der Waals surface area contributed by atoms with Crippen LogP contribution in [0.4, 0.5) is 0 Å². The van der Waals surface area contributed by atoms with E-state index in [1.54, 1.807) is 0 Å². The zero-order valence-corrected chi connectivity index (χ0v) is 24.0. The molecule has 0 spiro atoms. The molecule has 0 saturated carbocycles. The Morgan fingerprint density at radius 2 is 0.722 bits per heavy atom. The van der Waals surface area contributed by atoms with Gasteiger partial charge in [-0.15, -0.1) is 0 Å². The maximum absolute atomic E-state index is 11.8. The van der Waals surface area contributed by atoms with Crippen LogP contribution in [0.1, 0.15) is 168 Å². The second-order valence-electron chi connectivity index (χ2n) is 10.6. The third kappa shape index (κ3) is 27.5. The quantitative estimate of drug-likeness (QED) is 0.0837. The van der Waals surface area contributed by atoms with Gasteiger partial charge in [0.05, 0.1) is 0 Å². The maximum Gasteiger partial charge on any atom is 0.305 e. The van der Waals surface area contributed by atoms with Gasteiger partial charge < -0.3 is 14.6 Å². The van der Waals surface area contributed by atoms with Crippen LogP contribution in [-0.2, 0) is 19.1 Å². The van der Waals surface area contributed by atoms with Crippen molar-refractivity contribution >= 4 is 11.9 Å². The summed E-state index contributed by atoms with van der Waals surface area (Å²) in [5.74, 6) is -0.561. The summed E-state index contributed by atoms with van der Waals surface area (Å²) in [5.41, 5.74) is 0. The second kappa shape index (κ2) is 28.5. The third-order valence-electron chi connectivity index (χ3n) is 6.84. The highest BCUT2D eigenvalue weighted by atomic mass is 16.6. The molecule has 0 aromatic rings. The first-order valence-electron chi connectivity index (χ1n) is 15.6. The number of carbonyl (C=O) groups excluding carboxylic acids is 2. The number of hydrogen-bond donors (Lipinski definition) is 1. The lowest BCUT2D eigenvalue weighted by Gasteiger charge is -2.12. The van der Waals surface area contributed by atoms with Gasteiger partial charge >= 0.3 is 11.9 Å². The summed E-state index contributed by atoms with van der Waals surface area (Å²) < 4.78 is 10.2. The molecule has 1 N–H and O–H groups in total. The highest BCUT2D eigenvalue weighted by Gasteiger charge is 2.12. The van der Waals surface area contributed by atoms with Crippen molar-refractivity contribution in [2.24, 2.45) is 0 Å². The molecule has 5 heteroatoms. The summed E-state index contributed by atoms with van der Waals surface area (Å²) in [6.07, 6.45) is 27.1. The van der Waals surface area contributed by atoms with Gasteiger partial charge in [0.15, 0.2) is 0 Å². The smallest absolute Gasteiger partial charge is 0.305 e. The Kier molecular flexibility index (Phi) is 27.6. The van der Waals surface area contributed by atoms with E-state index in [2.05, 4.69) is 13.8 Å². The molecular formula is C31H60O5. The van der Waals surface area contributed by atoms with E-state index in [0.717, 1.165) is 25.7 Å². The van der Waals surface area contributed by atoms with Crippen molar-refractivity contribution in [2.75, 3.05) is 13.2 Å². The minimum absolute atomic E-state index is 0.109. The maximum atomic E-state index is 11.8. The number of aliphatic hydroxyl groups excluding tert-OH is 1. The van der Waals surface area contributed by atoms with Crippen LogP contribution in [0.25, 0.3) is 0 Å². The van der Waals surface area contributed by atoms with Gasteiger partial charge in [0.1, 0.15) is 19.3 Å². The Labute approximate surface area is 223 Å². The van der Waals surface area contributed by atoms with Crippen molar-refractivity contribution < 1.29 is 24.2 Å². The first-order chi connectivity index (χ1) is 17.6. The Morgan fingerprint density at radius 1 is 0.472 bits per heavy atom. The van der Waals surface area contributed by atoms with Crippen LogP contribution in [-0.4, -0.2) is 36.4 Å². The van der Waals surface area contributed by atoms with Crippen molar-refractivity contribution in [3.05, 3.63) is 0 Å². The van der Waals surface area contributed by atoms with Crippen LogP contribution >= 0.6 is 0 Å². The first kappa shape index (κ1) is 34.9. The molecule has 0 unspecified atom stereocenters. The molecule has 0 aliphatic carbocycles. The van der Waals surface area contributed by atoms with E-state index in [9.17, 15) is 14.7 Å². The normalized spacial score (nSPS) is 12.0. The van der Waals surface area contributed by atoms with Gasteiger partial charge in [0.2, 0.25) is 0 Å². The molecule has 214 valence electrons. The minimum Gasteiger partial charge on any atom is -0.463 e. The van der Waals surface area contributed by atoms with Crippen molar-refractivity contribution in [3.8, 4) is 0 Å². The molecule has 0 bridgehead atoms. The summed E-state index contributed by atoms with van der Waals surface area (Å²) in [6, 6.07) is 0. The van der Waals surface area contributed by atoms with Gasteiger partial charge in [-0.05, 0) is 12.8 Å². The number of carbonyl (C=O) groups is 2. The average Bonchev–Trinajstić information content (AvgIpc) is 2.88. The monoisotopic (exact) mass is 512 g/mol. The number of unbranched alkanes of at least 4 members (excludes halogenated alkanes) is 20. The molecule has 36 heavy (non-hydrogen) atoms. The Hall–Kier alpha value is -1.10. The molecule has 0 amide bonds. The highest BCUT2D eigenvalue weighted by Crippen LogP contribution is 2.13. The first-order valence-corrected chi connectivity index (χ1v) is 15.6. The fourth-order valence-electron chi connectivity index (χ4n) is 4.44. The van der Waals surface area contributed by atoms with E-state index in [0.29, 0.717) is 12.8 Å². The molecule has 0 aromatic heterocycles. The molecule has 0 aliphatic heterocycles. The van der Waals surface area contributed by atoms with E-state index in [4.69, 9.17) is 9.47 Å². The molecular weight excluding hydrogens is 452 g/mol. The molecule has 0 radical (unpaired) electrons. The largest absolute Gasteiger partial charge is 0.463 e. The lowest BCUT2D eigenvalue weighted by molar-refractivity contribution is -0.152. The minimum atomic E-state index is -0.951. The molecule has 0 aromatic carbocycles. The average molecular weight is 513 g/mol. The van der Waals surface area contributed by atoms with Gasteiger partial charge in [-0.25, -0.2) is 0 Å². The Morgan fingerprint density at radius 3 is 1.00 bits per heavy atom. The van der Waals surface area contributed by atoms with Crippen LogP contribution in [0.2, 0.25) is 0 Å². The van der Waals surface area contributed by atoms with Crippen molar-refractivity contribution in [1.82, 2.24) is 0 Å². The molecule has 0 aliphatic rings. The second-order valence-corrected chi connectivity index (χ2v) is 10.6. The summed E-state index contributed by atoms with van der Waals surface area (Å²) >= 11 is 0. The van der Waals surface area contributed by atoms with Gasteiger partial charge in [-0.2, -0.15) is 0 Å². The molecule has 0 fully saturated rings. The van der Waals surface area contributed by atoms with Crippen molar-refractivity contribution in [2.45, 2.75) is 174 Å². The molecule has 5 nitrogen and oxygen atoms in total. The summed E-state index contributed by atoms with van der Waals surface area (Å²) in [7, 11) is 0. The topological polar surface area (TPSA) is 72.8 Å². The van der Waals surface area contributed by atoms with E-state index < -0.39 is 6.10 Å². The lowest BCUT2D eigenvalue weighted by atomic mass is 10.0. The van der Waals surface area contributed by atoms with E-state index >= 15 is 0 Å². The fraction of sp³-hybridized carbons (Fsp3) is 0.935. The van der Waals surface area contributed by atoms with E-state index in [1.165, 1.54) is 116 Å². The zero-order chi connectivity index (χ0) is 26.5. The summed E-state index contributed by atoms with van der Waals surface area (Å²) in [5, 5.41) is 9.91. The standard InChI is InChI=1S/C31H60O5/c1-3-5-7-9-11-13-15-16-18-20-22-24-26-31(34)36-28-29(32)27-35-30(33)25-23-21-19-17-14-12-10-8-6-4-2/h29,32H,3-28H2,1-2H3/t29-/m1/s1. The number of rotatable bonds is 28. The number of hydrogen-bond acceptors (Lipinski definition) is 5. The number of ether oxygens (including phenoxy) is 2. The van der Waals surface area contributed by atoms with Crippen LogP contribution in [0.3, 0.4) is 0 Å². The number of aliphatic hydroxyl groups is 1. The molecule has 0 heterocycles. The van der Waals surface area contributed by atoms with Gasteiger partial charge in [-0.1, -0.05) is 142 Å². The van der Waals surface area contributed by atoms with Gasteiger partial charge in [0.25, 0.3) is 0 Å². The fourth-order valence-corrected chi connectivity index (χ4v) is 4.44. The van der Waals surface area contributed by atoms with Gasteiger partial charge in [-0.3, -0.25) is 9.59 Å². The van der Waals surface area contributed by atoms with Crippen LogP contribution < -0.4 is 0 Å². The van der Waals surface area contributed by atoms with Crippen LogP contribution in [0.15, 0.2) is 0 Å². The lowest BCUT2D eigenvalue weighted by Crippen LogP contribution is -2.25. The van der Waals surface area contributed by atoms with Crippen molar-refractivity contribution in [3.63, 3.8) is 0 Å². The Balaban J connectivity index is 3.42. The summed E-state index contributed by atoms with van der Waals surface area (Å²) in [6.45, 7) is 4.27. The molecule has 0 rings (SSSR count). The Bertz CT molecular complexity index is 480. The molecule has 1 atom stereocenters. The predicted molar refractivity (Wildman–Crippen MR) is 150 cm³/mol. The predicted octanol–water partition coefficient (Wildman–Crippen LogP) is 8.84. The number of esters is 2.